The quantitative estimate of drug-likeness (QED) is 0.460. The van der Waals surface area contributed by atoms with Crippen LogP contribution in [-0.2, 0) is 6.54 Å². The van der Waals surface area contributed by atoms with Crippen LogP contribution in [0, 0.1) is 5.41 Å². The molecule has 5 nitrogen and oxygen atoms in total. The van der Waals surface area contributed by atoms with Gasteiger partial charge in [-0.05, 0) is 36.0 Å². The lowest BCUT2D eigenvalue weighted by atomic mass is 9.91. The Hall–Kier alpha value is -1.91. The summed E-state index contributed by atoms with van der Waals surface area (Å²) in [6.07, 6.45) is 2.31. The first kappa shape index (κ1) is 19.1. The van der Waals surface area contributed by atoms with Crippen molar-refractivity contribution < 1.29 is 9.47 Å². The second-order valence-corrected chi connectivity index (χ2v) is 6.71. The van der Waals surface area contributed by atoms with Gasteiger partial charge in [0.15, 0.2) is 17.5 Å². The number of methoxy groups -OCH3 is 2. The van der Waals surface area contributed by atoms with Gasteiger partial charge >= 0.3 is 0 Å². The molecule has 5 heteroatoms. The average molecular weight is 321 g/mol. The van der Waals surface area contributed by atoms with Gasteiger partial charge in [0.05, 0.1) is 14.2 Å². The van der Waals surface area contributed by atoms with E-state index >= 15 is 0 Å². The molecule has 23 heavy (non-hydrogen) atoms. The van der Waals surface area contributed by atoms with Gasteiger partial charge in [-0.3, -0.25) is 4.99 Å². The summed E-state index contributed by atoms with van der Waals surface area (Å²) in [6, 6.07) is 5.90. The molecule has 1 aromatic rings. The number of nitrogens with one attached hydrogen (secondary N) is 2. The van der Waals surface area contributed by atoms with Crippen LogP contribution in [0.3, 0.4) is 0 Å². The molecule has 0 unspecified atom stereocenters. The van der Waals surface area contributed by atoms with Gasteiger partial charge in [-0.1, -0.05) is 26.8 Å². The van der Waals surface area contributed by atoms with Gasteiger partial charge in [-0.15, -0.1) is 0 Å². The molecule has 0 aromatic heterocycles. The van der Waals surface area contributed by atoms with Gasteiger partial charge in [0.1, 0.15) is 0 Å². The number of hydrogen-bond donors (Lipinski definition) is 2. The van der Waals surface area contributed by atoms with Crippen LogP contribution in [-0.4, -0.2) is 33.8 Å². The van der Waals surface area contributed by atoms with Crippen molar-refractivity contribution >= 4 is 5.96 Å². The van der Waals surface area contributed by atoms with Crippen molar-refractivity contribution in [3.8, 4) is 11.5 Å². The topological polar surface area (TPSA) is 54.9 Å². The Labute approximate surface area is 140 Å². The molecule has 0 saturated carbocycles. The van der Waals surface area contributed by atoms with Crippen LogP contribution in [0.2, 0.25) is 0 Å². The molecule has 0 bridgehead atoms. The number of nitrogens with zero attached hydrogens (tertiary/aromatic N) is 1. The Morgan fingerprint density at radius 2 is 1.78 bits per heavy atom. The lowest BCUT2D eigenvalue weighted by Gasteiger charge is -2.18. The van der Waals surface area contributed by atoms with Crippen molar-refractivity contribution in [2.45, 2.75) is 40.2 Å². The number of rotatable bonds is 7. The summed E-state index contributed by atoms with van der Waals surface area (Å²) in [5.74, 6) is 2.29. The molecule has 1 aromatic carbocycles. The highest BCUT2D eigenvalue weighted by Crippen LogP contribution is 2.27. The molecular formula is C18H31N3O2. The highest BCUT2D eigenvalue weighted by molar-refractivity contribution is 5.79. The van der Waals surface area contributed by atoms with Gasteiger partial charge in [0.2, 0.25) is 0 Å². The molecule has 0 spiro atoms. The van der Waals surface area contributed by atoms with E-state index in [-0.39, 0.29) is 0 Å². The predicted octanol–water partition coefficient (Wildman–Crippen LogP) is 3.20. The monoisotopic (exact) mass is 321 g/mol. The third kappa shape index (κ3) is 7.26. The molecule has 0 aliphatic heterocycles. The molecular weight excluding hydrogens is 290 g/mol. The standard InChI is InChI=1S/C18H31N3O2/c1-18(2,3)10-7-11-20-17(19-4)21-13-14-8-9-15(22-5)16(12-14)23-6/h8-9,12H,7,10-11,13H2,1-6H3,(H2,19,20,21). The maximum absolute atomic E-state index is 5.32. The van der Waals surface area contributed by atoms with Crippen LogP contribution in [0.5, 0.6) is 11.5 Å². The van der Waals surface area contributed by atoms with Crippen molar-refractivity contribution in [1.82, 2.24) is 10.6 Å². The van der Waals surface area contributed by atoms with Gasteiger partial charge in [-0.2, -0.15) is 0 Å². The Morgan fingerprint density at radius 1 is 1.09 bits per heavy atom. The molecule has 0 aliphatic rings. The number of ether oxygens (including phenoxy) is 2. The van der Waals surface area contributed by atoms with E-state index in [4.69, 9.17) is 9.47 Å². The fourth-order valence-electron chi connectivity index (χ4n) is 2.22. The van der Waals surface area contributed by atoms with E-state index in [2.05, 4.69) is 36.4 Å². The largest absolute Gasteiger partial charge is 0.493 e. The summed E-state index contributed by atoms with van der Waals surface area (Å²) in [5, 5.41) is 6.66. The molecule has 0 heterocycles. The number of benzene rings is 1. The van der Waals surface area contributed by atoms with Crippen LogP contribution in [0.4, 0.5) is 0 Å². The molecule has 2 N–H and O–H groups in total. The smallest absolute Gasteiger partial charge is 0.191 e. The zero-order chi connectivity index (χ0) is 17.3. The number of aliphatic imine (C=N–C) groups is 1. The first-order valence-electron chi connectivity index (χ1n) is 8.05. The third-order valence-electron chi connectivity index (χ3n) is 3.53. The second kappa shape index (κ2) is 9.28. The van der Waals surface area contributed by atoms with Crippen molar-refractivity contribution in [1.29, 1.82) is 0 Å². The third-order valence-corrected chi connectivity index (χ3v) is 3.53. The number of hydrogen-bond acceptors (Lipinski definition) is 3. The molecule has 0 fully saturated rings. The van der Waals surface area contributed by atoms with Gasteiger partial charge in [0.25, 0.3) is 0 Å². The predicted molar refractivity (Wildman–Crippen MR) is 96.4 cm³/mol. The zero-order valence-corrected chi connectivity index (χ0v) is 15.3. The highest BCUT2D eigenvalue weighted by atomic mass is 16.5. The molecule has 130 valence electrons. The second-order valence-electron chi connectivity index (χ2n) is 6.71. The van der Waals surface area contributed by atoms with E-state index in [0.717, 1.165) is 36.0 Å². The lowest BCUT2D eigenvalue weighted by Crippen LogP contribution is -2.37. The Balaban J connectivity index is 2.46. The zero-order valence-electron chi connectivity index (χ0n) is 15.3. The SMILES string of the molecule is CN=C(NCCCC(C)(C)C)NCc1ccc(OC)c(OC)c1. The molecule has 0 atom stereocenters. The maximum atomic E-state index is 5.32. The van der Waals surface area contributed by atoms with E-state index in [1.807, 2.05) is 18.2 Å². The maximum Gasteiger partial charge on any atom is 0.191 e. The Bertz CT molecular complexity index is 507. The van der Waals surface area contributed by atoms with E-state index in [0.29, 0.717) is 12.0 Å². The Morgan fingerprint density at radius 3 is 2.35 bits per heavy atom. The lowest BCUT2D eigenvalue weighted by molar-refractivity contribution is 0.354. The molecule has 0 saturated heterocycles. The summed E-state index contributed by atoms with van der Waals surface area (Å²) in [7, 11) is 5.07. The van der Waals surface area contributed by atoms with E-state index < -0.39 is 0 Å². The van der Waals surface area contributed by atoms with Crippen LogP contribution in [0.25, 0.3) is 0 Å². The Kier molecular flexibility index (Phi) is 7.72. The summed E-state index contributed by atoms with van der Waals surface area (Å²) in [4.78, 5) is 4.25. The summed E-state index contributed by atoms with van der Waals surface area (Å²) in [6.45, 7) is 8.38. The first-order valence-corrected chi connectivity index (χ1v) is 8.05. The van der Waals surface area contributed by atoms with Crippen molar-refractivity contribution in [2.24, 2.45) is 10.4 Å². The van der Waals surface area contributed by atoms with Crippen LogP contribution in [0.15, 0.2) is 23.2 Å². The van der Waals surface area contributed by atoms with Gasteiger partial charge in [0, 0.05) is 20.1 Å². The normalized spacial score (nSPS) is 12.0. The number of guanidine groups is 1. The minimum atomic E-state index is 0.373. The van der Waals surface area contributed by atoms with Crippen molar-refractivity contribution in [3.05, 3.63) is 23.8 Å². The fourth-order valence-corrected chi connectivity index (χ4v) is 2.22. The summed E-state index contributed by atoms with van der Waals surface area (Å²) < 4.78 is 10.6. The van der Waals surface area contributed by atoms with Gasteiger partial charge in [-0.25, -0.2) is 0 Å². The van der Waals surface area contributed by atoms with Crippen molar-refractivity contribution in [2.75, 3.05) is 27.8 Å². The molecule has 1 rings (SSSR count). The van der Waals surface area contributed by atoms with Crippen LogP contribution >= 0.6 is 0 Å². The molecule has 0 amide bonds. The van der Waals surface area contributed by atoms with Crippen LogP contribution in [0.1, 0.15) is 39.2 Å². The minimum Gasteiger partial charge on any atom is -0.493 e. The summed E-state index contributed by atoms with van der Waals surface area (Å²) in [5.41, 5.74) is 1.48. The van der Waals surface area contributed by atoms with E-state index in [9.17, 15) is 0 Å². The summed E-state index contributed by atoms with van der Waals surface area (Å²) >= 11 is 0. The van der Waals surface area contributed by atoms with Crippen molar-refractivity contribution in [3.63, 3.8) is 0 Å². The molecule has 0 radical (unpaired) electrons. The van der Waals surface area contributed by atoms with Gasteiger partial charge < -0.3 is 20.1 Å². The highest BCUT2D eigenvalue weighted by Gasteiger charge is 2.09. The fraction of sp³-hybridized carbons (Fsp3) is 0.611. The molecule has 0 aliphatic carbocycles. The minimum absolute atomic E-state index is 0.373. The first-order chi connectivity index (χ1) is 10.9. The van der Waals surface area contributed by atoms with E-state index in [1.165, 1.54) is 6.42 Å². The van der Waals surface area contributed by atoms with E-state index in [1.54, 1.807) is 21.3 Å². The van der Waals surface area contributed by atoms with Crippen LogP contribution < -0.4 is 20.1 Å². The average Bonchev–Trinajstić information content (AvgIpc) is 2.52.